The van der Waals surface area contributed by atoms with Gasteiger partial charge in [0.05, 0.1) is 18.2 Å². The average molecular weight is 819 g/mol. The Morgan fingerprint density at radius 2 is 1.24 bits per heavy atom. The van der Waals surface area contributed by atoms with E-state index in [2.05, 4.69) is 42.8 Å². The minimum Gasteiger partial charge on any atom is -0.453 e. The number of nitrogens with one attached hydrogen (secondary N) is 4. The molecule has 2 fully saturated rings. The molecular weight excluding hydrogens is 773 g/mol. The van der Waals surface area contributed by atoms with Crippen LogP contribution < -0.4 is 21.3 Å². The second kappa shape index (κ2) is 22.1. The Labute approximate surface area is 346 Å². The number of alkyl carbamates (subject to hydrolysis) is 1. The first kappa shape index (κ1) is 43.1. The number of likely N-dealkylation sites (tertiary alicyclic amines) is 2. The molecule has 0 bridgehead atoms. The molecule has 4 heterocycles. The van der Waals surface area contributed by atoms with Crippen LogP contribution in [0.15, 0.2) is 97.3 Å². The zero-order chi connectivity index (χ0) is 42.0. The van der Waals surface area contributed by atoms with Gasteiger partial charge in [0.2, 0.25) is 30.5 Å². The van der Waals surface area contributed by atoms with Crippen LogP contribution in [-0.4, -0.2) is 89.1 Å². The number of anilines is 2. The van der Waals surface area contributed by atoms with E-state index < -0.39 is 18.2 Å². The van der Waals surface area contributed by atoms with Crippen LogP contribution in [0, 0.1) is 11.8 Å². The van der Waals surface area contributed by atoms with Crippen molar-refractivity contribution in [3.8, 4) is 11.8 Å². The number of aromatic nitrogens is 2. The number of nitrogens with zero attached hydrogens (tertiary/aromatic N) is 4. The zero-order valence-electron chi connectivity index (χ0n) is 32.8. The third-order valence-electron chi connectivity index (χ3n) is 9.19. The third kappa shape index (κ3) is 12.8. The Bertz CT molecular complexity index is 2210. The van der Waals surface area contributed by atoms with Gasteiger partial charge in [-0.1, -0.05) is 77.9 Å². The SMILES string of the molecule is CC(=O)NC(C(=O)N1CCCC1)c1ccccc1.COC(=O)NC(C(=O)N1CCCC1)c1ccccc1.O=CNc1ccc(C#Cc2cn3cc(NC=O)nc3s2)cc1. The van der Waals surface area contributed by atoms with Gasteiger partial charge in [0.15, 0.2) is 10.8 Å². The maximum atomic E-state index is 12.5. The molecule has 16 heteroatoms. The van der Waals surface area contributed by atoms with Crippen molar-refractivity contribution in [2.45, 2.75) is 44.7 Å². The second-order valence-electron chi connectivity index (χ2n) is 13.4. The molecule has 2 saturated heterocycles. The topological polar surface area (TPSA) is 184 Å². The third-order valence-corrected chi connectivity index (χ3v) is 10.1. The molecule has 2 aliphatic rings. The number of imidazole rings is 1. The first-order chi connectivity index (χ1) is 28.7. The largest absolute Gasteiger partial charge is 0.453 e. The number of thiazole rings is 1. The number of rotatable bonds is 10. The molecular formula is C43H46N8O7S. The van der Waals surface area contributed by atoms with Crippen molar-refractivity contribution in [1.29, 1.82) is 0 Å². The average Bonchev–Trinajstić information content (AvgIpc) is 4.10. The van der Waals surface area contributed by atoms with Gasteiger partial charge in [-0.15, -0.1) is 0 Å². The van der Waals surface area contributed by atoms with Crippen molar-refractivity contribution >= 4 is 64.4 Å². The van der Waals surface area contributed by atoms with Gasteiger partial charge in [-0.25, -0.2) is 9.78 Å². The van der Waals surface area contributed by atoms with Crippen LogP contribution in [0.1, 0.15) is 66.3 Å². The predicted octanol–water partition coefficient (Wildman–Crippen LogP) is 5.12. The lowest BCUT2D eigenvalue weighted by molar-refractivity contribution is -0.135. The second-order valence-corrected chi connectivity index (χ2v) is 14.4. The van der Waals surface area contributed by atoms with Crippen LogP contribution in [0.3, 0.4) is 0 Å². The zero-order valence-corrected chi connectivity index (χ0v) is 33.6. The standard InChI is InChI=1S/C15H10N4O2S.C14H18N2O3.C14H18N2O2/c20-9-16-12-4-1-11(2-5-12)3-6-13-7-19-8-14(17-10-21)18-15(19)22-13;1-19-14(18)15-12(11-7-3-2-4-8-11)13(17)16-9-5-6-10-16;1-11(17)15-13(12-7-3-2-4-8-12)14(18)16-9-5-6-10-16/h1-2,4-5,7-10H,(H,16,20)(H,17,21);2-4,7-8,12H,5-6,9-10H2,1H3,(H,15,18);2-4,7-8,13H,5-6,9-10H2,1H3,(H,15,17). The lowest BCUT2D eigenvalue weighted by atomic mass is 10.1. The van der Waals surface area contributed by atoms with E-state index in [-0.39, 0.29) is 17.7 Å². The van der Waals surface area contributed by atoms with Gasteiger partial charge < -0.3 is 35.8 Å². The van der Waals surface area contributed by atoms with Crippen LogP contribution in [0.2, 0.25) is 0 Å². The summed E-state index contributed by atoms with van der Waals surface area (Å²) in [6.45, 7) is 4.53. The van der Waals surface area contributed by atoms with Crippen molar-refractivity contribution < 1.29 is 33.5 Å². The molecule has 0 spiro atoms. The fourth-order valence-electron chi connectivity index (χ4n) is 6.32. The lowest BCUT2D eigenvalue weighted by Crippen LogP contribution is -2.41. The minimum atomic E-state index is -0.674. The first-order valence-electron chi connectivity index (χ1n) is 19.0. The Balaban J connectivity index is 0.000000169. The molecule has 2 aliphatic heterocycles. The predicted molar refractivity (Wildman–Crippen MR) is 224 cm³/mol. The van der Waals surface area contributed by atoms with Crippen molar-refractivity contribution in [3.05, 3.63) is 119 Å². The molecule has 4 N–H and O–H groups in total. The number of amides is 6. The van der Waals surface area contributed by atoms with Gasteiger partial charge in [0.1, 0.15) is 12.1 Å². The fraction of sp³-hybridized carbons (Fsp3) is 0.279. The van der Waals surface area contributed by atoms with Gasteiger partial charge >= 0.3 is 6.09 Å². The normalized spacial score (nSPS) is 13.8. The molecule has 306 valence electrons. The summed E-state index contributed by atoms with van der Waals surface area (Å²) in [5.74, 6) is 6.37. The van der Waals surface area contributed by atoms with Crippen LogP contribution in [0.5, 0.6) is 0 Å². The highest BCUT2D eigenvalue weighted by molar-refractivity contribution is 7.17. The van der Waals surface area contributed by atoms with Gasteiger partial charge in [0.25, 0.3) is 0 Å². The molecule has 5 aromatic rings. The van der Waals surface area contributed by atoms with Crippen molar-refractivity contribution in [3.63, 3.8) is 0 Å². The highest BCUT2D eigenvalue weighted by Crippen LogP contribution is 2.22. The summed E-state index contributed by atoms with van der Waals surface area (Å²) >= 11 is 1.44. The first-order valence-corrected chi connectivity index (χ1v) is 19.8. The van der Waals surface area contributed by atoms with Crippen LogP contribution in [-0.2, 0) is 28.7 Å². The molecule has 15 nitrogen and oxygen atoms in total. The molecule has 3 aromatic carbocycles. The number of fused-ring (bicyclic) bond motifs is 1. The van der Waals surface area contributed by atoms with Gasteiger partial charge in [-0.2, -0.15) is 0 Å². The summed E-state index contributed by atoms with van der Waals surface area (Å²) in [4.78, 5) is 77.7. The molecule has 0 aliphatic carbocycles. The van der Waals surface area contributed by atoms with Gasteiger partial charge in [-0.3, -0.25) is 28.4 Å². The summed E-state index contributed by atoms with van der Waals surface area (Å²) in [5, 5.41) is 10.4. The van der Waals surface area contributed by atoms with Crippen LogP contribution >= 0.6 is 11.3 Å². The quantitative estimate of drug-likeness (QED) is 0.111. The molecule has 0 radical (unpaired) electrons. The van der Waals surface area contributed by atoms with Gasteiger partial charge in [0, 0.05) is 50.6 Å². The smallest absolute Gasteiger partial charge is 0.407 e. The van der Waals surface area contributed by atoms with Crippen molar-refractivity contribution in [1.82, 2.24) is 29.8 Å². The summed E-state index contributed by atoms with van der Waals surface area (Å²) in [5.41, 5.74) is 3.19. The number of benzene rings is 3. The highest BCUT2D eigenvalue weighted by atomic mass is 32.1. The van der Waals surface area contributed by atoms with E-state index in [4.69, 9.17) is 0 Å². The minimum absolute atomic E-state index is 0.00565. The summed E-state index contributed by atoms with van der Waals surface area (Å²) in [6.07, 6.45) is 8.36. The highest BCUT2D eigenvalue weighted by Gasteiger charge is 2.30. The molecule has 0 saturated carbocycles. The van der Waals surface area contributed by atoms with E-state index >= 15 is 0 Å². The Morgan fingerprint density at radius 3 is 1.71 bits per heavy atom. The lowest BCUT2D eigenvalue weighted by Gasteiger charge is -2.23. The molecule has 6 amide bonds. The van der Waals surface area contributed by atoms with Crippen molar-refractivity contribution in [2.24, 2.45) is 0 Å². The van der Waals surface area contributed by atoms with E-state index in [0.717, 1.165) is 84.1 Å². The number of ether oxygens (including phenoxy) is 1. The number of hydrogen-bond acceptors (Lipinski definition) is 9. The van der Waals surface area contributed by atoms with E-state index in [1.54, 1.807) is 23.2 Å². The van der Waals surface area contributed by atoms with Crippen LogP contribution in [0.4, 0.5) is 16.3 Å². The Kier molecular flexibility index (Phi) is 16.1. The number of methoxy groups -OCH3 is 1. The van der Waals surface area contributed by atoms with Gasteiger partial charge in [-0.05, 0) is 67.0 Å². The maximum Gasteiger partial charge on any atom is 0.407 e. The fourth-order valence-corrected chi connectivity index (χ4v) is 7.14. The number of carbonyl (C=O) groups is 6. The number of carbonyl (C=O) groups excluding carboxylic acids is 6. The molecule has 2 unspecified atom stereocenters. The van der Waals surface area contributed by atoms with E-state index in [0.29, 0.717) is 18.6 Å². The molecule has 59 heavy (non-hydrogen) atoms. The van der Waals surface area contributed by atoms with E-state index in [1.165, 1.54) is 25.4 Å². The molecule has 2 aromatic heterocycles. The summed E-state index contributed by atoms with van der Waals surface area (Å²) in [6, 6.07) is 24.6. The monoisotopic (exact) mass is 818 g/mol. The van der Waals surface area contributed by atoms with E-state index in [9.17, 15) is 28.8 Å². The molecule has 7 rings (SSSR count). The summed E-state index contributed by atoms with van der Waals surface area (Å²) in [7, 11) is 1.29. The maximum absolute atomic E-state index is 12.5. The molecule has 2 atom stereocenters. The summed E-state index contributed by atoms with van der Waals surface area (Å²) < 4.78 is 6.41. The van der Waals surface area contributed by atoms with Crippen molar-refractivity contribution in [2.75, 3.05) is 43.9 Å². The number of hydrogen-bond donors (Lipinski definition) is 4. The Morgan fingerprint density at radius 1 is 0.712 bits per heavy atom. The Hall–Kier alpha value is -6.99. The van der Waals surface area contributed by atoms with E-state index in [1.807, 2.05) is 88.3 Å². The van der Waals surface area contributed by atoms with Crippen LogP contribution in [0.25, 0.3) is 4.96 Å².